The summed E-state index contributed by atoms with van der Waals surface area (Å²) in [5.41, 5.74) is -3.75. The van der Waals surface area contributed by atoms with Crippen molar-refractivity contribution in [1.82, 2.24) is 14.8 Å². The normalized spacial score (nSPS) is 16.3. The van der Waals surface area contributed by atoms with Crippen LogP contribution in [0.25, 0.3) is 0 Å². The van der Waals surface area contributed by atoms with Crippen LogP contribution >= 0.6 is 11.6 Å². The first-order valence-electron chi connectivity index (χ1n) is 12.1. The second kappa shape index (κ2) is 11.7. The van der Waals surface area contributed by atoms with Crippen LogP contribution in [-0.2, 0) is 10.4 Å². The van der Waals surface area contributed by atoms with Gasteiger partial charge in [-0.1, -0.05) is 41.9 Å². The molecular weight excluding hydrogens is 509 g/mol. The third-order valence-corrected chi connectivity index (χ3v) is 7.06. The van der Waals surface area contributed by atoms with E-state index < -0.39 is 23.2 Å². The minimum atomic E-state index is -5.15. The standard InChI is InChI=1S/C26H32ClF3N4O3/c1-32(2)23(35)20-11-12-21(31-22(20)27)34-16-13-18(14-17-34)8-7-15-33(3)24(36)25(37,26(28,29)30)19-9-5-4-6-10-19/h4-6,9-12,18,37H,7-8,13-17H2,1-3H3. The van der Waals surface area contributed by atoms with Crippen LogP contribution < -0.4 is 4.90 Å². The number of hydrogen-bond acceptors (Lipinski definition) is 5. The van der Waals surface area contributed by atoms with E-state index in [9.17, 15) is 27.9 Å². The molecule has 202 valence electrons. The van der Waals surface area contributed by atoms with Crippen LogP contribution in [0.15, 0.2) is 42.5 Å². The zero-order chi connectivity index (χ0) is 27.4. The highest BCUT2D eigenvalue weighted by molar-refractivity contribution is 6.32. The van der Waals surface area contributed by atoms with E-state index in [1.807, 2.05) is 0 Å². The maximum Gasteiger partial charge on any atom is 0.430 e. The lowest BCUT2D eigenvalue weighted by atomic mass is 9.90. The predicted octanol–water partition coefficient (Wildman–Crippen LogP) is 4.34. The second-order valence-electron chi connectivity index (χ2n) is 9.58. The fourth-order valence-corrected chi connectivity index (χ4v) is 4.77. The Morgan fingerprint density at radius 2 is 1.70 bits per heavy atom. The summed E-state index contributed by atoms with van der Waals surface area (Å²) < 4.78 is 41.3. The number of amides is 2. The summed E-state index contributed by atoms with van der Waals surface area (Å²) in [6.07, 6.45) is -2.19. The lowest BCUT2D eigenvalue weighted by Crippen LogP contribution is -2.55. The third kappa shape index (κ3) is 6.35. The highest BCUT2D eigenvalue weighted by Gasteiger charge is 2.61. The number of hydrogen-bond donors (Lipinski definition) is 1. The van der Waals surface area contributed by atoms with Gasteiger partial charge in [-0.25, -0.2) is 4.98 Å². The van der Waals surface area contributed by atoms with Gasteiger partial charge >= 0.3 is 6.18 Å². The van der Waals surface area contributed by atoms with Crippen molar-refractivity contribution in [3.8, 4) is 0 Å². The molecule has 1 aliphatic rings. The van der Waals surface area contributed by atoms with Gasteiger partial charge in [0.25, 0.3) is 17.4 Å². The molecule has 2 heterocycles. The van der Waals surface area contributed by atoms with Crippen LogP contribution in [-0.4, -0.2) is 78.7 Å². The van der Waals surface area contributed by atoms with Gasteiger partial charge in [0.05, 0.1) is 5.56 Å². The average molecular weight is 541 g/mol. The highest BCUT2D eigenvalue weighted by Crippen LogP contribution is 2.40. The van der Waals surface area contributed by atoms with Gasteiger partial charge in [0.1, 0.15) is 11.0 Å². The van der Waals surface area contributed by atoms with Gasteiger partial charge in [-0.3, -0.25) is 9.59 Å². The number of likely N-dealkylation sites (N-methyl/N-ethyl adjacent to an activating group) is 1. The third-order valence-electron chi connectivity index (χ3n) is 6.77. The number of nitrogens with zero attached hydrogens (tertiary/aromatic N) is 4. The van der Waals surface area contributed by atoms with E-state index in [0.717, 1.165) is 49.4 Å². The van der Waals surface area contributed by atoms with E-state index in [0.29, 0.717) is 23.7 Å². The predicted molar refractivity (Wildman–Crippen MR) is 135 cm³/mol. The van der Waals surface area contributed by atoms with Crippen molar-refractivity contribution in [2.24, 2.45) is 5.92 Å². The molecule has 0 bridgehead atoms. The molecule has 11 heteroatoms. The molecule has 1 N–H and O–H groups in total. The summed E-state index contributed by atoms with van der Waals surface area (Å²) in [4.78, 5) is 33.8. The van der Waals surface area contributed by atoms with Crippen molar-refractivity contribution in [3.05, 3.63) is 58.7 Å². The van der Waals surface area contributed by atoms with Gasteiger partial charge in [0.15, 0.2) is 0 Å². The number of alkyl halides is 3. The molecule has 1 saturated heterocycles. The van der Waals surface area contributed by atoms with Crippen molar-refractivity contribution in [1.29, 1.82) is 0 Å². The molecule has 1 fully saturated rings. The highest BCUT2D eigenvalue weighted by atomic mass is 35.5. The molecule has 2 aromatic rings. The molecular formula is C26H32ClF3N4O3. The Kier molecular flexibility index (Phi) is 9.07. The smallest absolute Gasteiger partial charge is 0.369 e. The molecule has 1 unspecified atom stereocenters. The van der Waals surface area contributed by atoms with Crippen molar-refractivity contribution >= 4 is 29.2 Å². The Bertz CT molecular complexity index is 1090. The molecule has 0 spiro atoms. The number of carbonyl (C=O) groups excluding carboxylic acids is 2. The molecule has 2 amide bonds. The maximum absolute atomic E-state index is 13.8. The molecule has 3 rings (SSSR count). The zero-order valence-electron chi connectivity index (χ0n) is 21.1. The van der Waals surface area contributed by atoms with Gasteiger partial charge in [-0.05, 0) is 43.7 Å². The summed E-state index contributed by atoms with van der Waals surface area (Å²) in [5, 5.41) is 10.6. The molecule has 1 aromatic carbocycles. The fourth-order valence-electron chi connectivity index (χ4n) is 4.53. The zero-order valence-corrected chi connectivity index (χ0v) is 21.9. The monoisotopic (exact) mass is 540 g/mol. The van der Waals surface area contributed by atoms with Crippen LogP contribution in [0.1, 0.15) is 41.6 Å². The molecule has 0 aliphatic carbocycles. The number of aromatic nitrogens is 1. The lowest BCUT2D eigenvalue weighted by molar-refractivity contribution is -0.261. The van der Waals surface area contributed by atoms with E-state index in [1.54, 1.807) is 26.2 Å². The number of aliphatic hydroxyl groups is 1. The maximum atomic E-state index is 13.8. The molecule has 0 saturated carbocycles. The Morgan fingerprint density at radius 1 is 1.08 bits per heavy atom. The van der Waals surface area contributed by atoms with Crippen LogP contribution in [0.5, 0.6) is 0 Å². The number of piperidine rings is 1. The van der Waals surface area contributed by atoms with E-state index in [4.69, 9.17) is 11.6 Å². The van der Waals surface area contributed by atoms with Crippen molar-refractivity contribution in [2.75, 3.05) is 45.7 Å². The molecule has 1 aliphatic heterocycles. The summed E-state index contributed by atoms with van der Waals surface area (Å²) in [6.45, 7) is 1.56. The van der Waals surface area contributed by atoms with Crippen molar-refractivity contribution in [2.45, 2.75) is 37.5 Å². The summed E-state index contributed by atoms with van der Waals surface area (Å²) in [7, 11) is 4.57. The first-order valence-corrected chi connectivity index (χ1v) is 12.5. The number of halogens is 4. The minimum absolute atomic E-state index is 0.100. The average Bonchev–Trinajstić information content (AvgIpc) is 2.87. The van der Waals surface area contributed by atoms with Crippen LogP contribution in [0, 0.1) is 5.92 Å². The Balaban J connectivity index is 1.52. The van der Waals surface area contributed by atoms with Crippen molar-refractivity contribution < 1.29 is 27.9 Å². The van der Waals surface area contributed by atoms with Gasteiger partial charge in [0, 0.05) is 46.3 Å². The SMILES string of the molecule is CN(C)C(=O)c1ccc(N2CCC(CCCN(C)C(=O)C(O)(c3ccccc3)C(F)(F)F)CC2)nc1Cl. The molecule has 0 radical (unpaired) electrons. The van der Waals surface area contributed by atoms with Crippen LogP contribution in [0.4, 0.5) is 19.0 Å². The molecule has 37 heavy (non-hydrogen) atoms. The molecule has 1 aromatic heterocycles. The topological polar surface area (TPSA) is 77.0 Å². The quantitative estimate of drug-likeness (QED) is 0.504. The summed E-state index contributed by atoms with van der Waals surface area (Å²) in [5.74, 6) is -0.569. The largest absolute Gasteiger partial charge is 0.430 e. The van der Waals surface area contributed by atoms with Gasteiger partial charge < -0.3 is 19.8 Å². The van der Waals surface area contributed by atoms with E-state index in [1.165, 1.54) is 30.1 Å². The van der Waals surface area contributed by atoms with Crippen LogP contribution in [0.3, 0.4) is 0 Å². The van der Waals surface area contributed by atoms with E-state index in [-0.39, 0.29) is 17.6 Å². The lowest BCUT2D eigenvalue weighted by Gasteiger charge is -2.34. The molecule has 7 nitrogen and oxygen atoms in total. The Hall–Kier alpha value is -2.85. The first-order chi connectivity index (χ1) is 17.4. The van der Waals surface area contributed by atoms with E-state index in [2.05, 4.69) is 9.88 Å². The number of anilines is 1. The summed E-state index contributed by atoms with van der Waals surface area (Å²) in [6, 6.07) is 9.87. The fraction of sp³-hybridized carbons (Fsp3) is 0.500. The number of rotatable bonds is 8. The van der Waals surface area contributed by atoms with Crippen LogP contribution in [0.2, 0.25) is 5.15 Å². The van der Waals surface area contributed by atoms with Gasteiger partial charge in [0.2, 0.25) is 0 Å². The Morgan fingerprint density at radius 3 is 2.24 bits per heavy atom. The number of pyridine rings is 1. The van der Waals surface area contributed by atoms with E-state index >= 15 is 0 Å². The summed E-state index contributed by atoms with van der Waals surface area (Å²) >= 11 is 6.23. The van der Waals surface area contributed by atoms with Gasteiger partial charge in [-0.2, -0.15) is 13.2 Å². The minimum Gasteiger partial charge on any atom is -0.369 e. The van der Waals surface area contributed by atoms with Gasteiger partial charge in [-0.15, -0.1) is 0 Å². The molecule has 1 atom stereocenters. The second-order valence-corrected chi connectivity index (χ2v) is 9.94. The van der Waals surface area contributed by atoms with Crippen molar-refractivity contribution in [3.63, 3.8) is 0 Å². The number of benzene rings is 1. The number of carbonyl (C=O) groups is 2. The first kappa shape index (κ1) is 28.7. The Labute approximate surface area is 219 Å².